The zero-order valence-corrected chi connectivity index (χ0v) is 16.1. The standard InChI is InChI=1S/C17H20FN4O6P/c18-12-9-22(17(25)21-16(12)19)15-8-13(24)14(27-15)10-26-29(20-6-7-23)28-11-4-2-1-3-5-11/h1-5,7,9,13-15,20,24H,6,8,10H2,(H2,19,21,25). The van der Waals surface area contributed by atoms with Crippen LogP contribution < -0.4 is 21.0 Å². The Labute approximate surface area is 166 Å². The van der Waals surface area contributed by atoms with E-state index in [1.165, 1.54) is 0 Å². The molecule has 0 amide bonds. The number of hydrogen-bond donors (Lipinski definition) is 3. The number of rotatable bonds is 9. The van der Waals surface area contributed by atoms with E-state index < -0.39 is 44.3 Å². The minimum Gasteiger partial charge on any atom is -0.436 e. The molecule has 1 aromatic heterocycles. The second-order valence-corrected chi connectivity index (χ2v) is 7.35. The normalized spacial score (nSPS) is 22.3. The molecular formula is C17H20FN4O6P. The lowest BCUT2D eigenvalue weighted by atomic mass is 10.2. The van der Waals surface area contributed by atoms with E-state index in [0.29, 0.717) is 12.0 Å². The molecule has 1 saturated heterocycles. The van der Waals surface area contributed by atoms with E-state index in [9.17, 15) is 19.1 Å². The van der Waals surface area contributed by atoms with Crippen molar-refractivity contribution in [3.8, 4) is 5.75 Å². The number of aldehydes is 1. The average Bonchev–Trinajstić information content (AvgIpc) is 3.08. The molecule has 29 heavy (non-hydrogen) atoms. The molecule has 1 fully saturated rings. The maximum Gasteiger partial charge on any atom is 0.351 e. The van der Waals surface area contributed by atoms with Gasteiger partial charge in [0.05, 0.1) is 25.5 Å². The van der Waals surface area contributed by atoms with Gasteiger partial charge in [0.15, 0.2) is 11.6 Å². The number of nitrogens with two attached hydrogens (primary N) is 1. The van der Waals surface area contributed by atoms with Crippen molar-refractivity contribution >= 4 is 20.6 Å². The van der Waals surface area contributed by atoms with Crippen LogP contribution in [0.4, 0.5) is 10.2 Å². The van der Waals surface area contributed by atoms with Crippen molar-refractivity contribution in [2.45, 2.75) is 24.9 Å². The SMILES string of the molecule is Nc1nc(=O)n(C2CC(O)C(COP(NCC=O)Oc3ccccc3)O2)cc1F. The van der Waals surface area contributed by atoms with Crippen molar-refractivity contribution in [1.29, 1.82) is 0 Å². The number of aliphatic hydroxyl groups excluding tert-OH is 1. The van der Waals surface area contributed by atoms with E-state index in [-0.39, 0.29) is 19.6 Å². The first-order chi connectivity index (χ1) is 14.0. The van der Waals surface area contributed by atoms with Crippen molar-refractivity contribution in [1.82, 2.24) is 14.6 Å². The van der Waals surface area contributed by atoms with Crippen molar-refractivity contribution in [2.75, 3.05) is 18.9 Å². The summed E-state index contributed by atoms with van der Waals surface area (Å²) < 4.78 is 31.5. The van der Waals surface area contributed by atoms with Gasteiger partial charge in [-0.2, -0.15) is 4.98 Å². The predicted octanol–water partition coefficient (Wildman–Crippen LogP) is 0.724. The summed E-state index contributed by atoms with van der Waals surface area (Å²) >= 11 is 0. The van der Waals surface area contributed by atoms with E-state index >= 15 is 0 Å². The van der Waals surface area contributed by atoms with E-state index in [1.54, 1.807) is 24.3 Å². The zero-order valence-electron chi connectivity index (χ0n) is 15.2. The minimum atomic E-state index is -1.69. The number of para-hydroxylation sites is 1. The van der Waals surface area contributed by atoms with Crippen LogP contribution in [0.15, 0.2) is 41.3 Å². The second-order valence-electron chi connectivity index (χ2n) is 6.08. The number of ether oxygens (including phenoxy) is 1. The van der Waals surface area contributed by atoms with Crippen molar-refractivity contribution in [3.63, 3.8) is 0 Å². The first-order valence-corrected chi connectivity index (χ1v) is 9.86. The summed E-state index contributed by atoms with van der Waals surface area (Å²) in [6, 6.07) is 8.86. The molecule has 4 unspecified atom stereocenters. The molecule has 2 heterocycles. The highest BCUT2D eigenvalue weighted by Crippen LogP contribution is 2.37. The lowest BCUT2D eigenvalue weighted by Gasteiger charge is -2.21. The highest BCUT2D eigenvalue weighted by atomic mass is 31.2. The van der Waals surface area contributed by atoms with Gasteiger partial charge in [0.25, 0.3) is 0 Å². The molecule has 10 nitrogen and oxygen atoms in total. The van der Waals surface area contributed by atoms with E-state index in [2.05, 4.69) is 10.1 Å². The number of hydrogen-bond acceptors (Lipinski definition) is 9. The minimum absolute atomic E-state index is 0.0149. The van der Waals surface area contributed by atoms with Gasteiger partial charge in [0, 0.05) is 6.42 Å². The van der Waals surface area contributed by atoms with Crippen LogP contribution in [-0.2, 0) is 14.1 Å². The third-order valence-corrected chi connectivity index (χ3v) is 5.24. The number of aliphatic hydroxyl groups is 1. The Morgan fingerprint density at radius 1 is 1.45 bits per heavy atom. The van der Waals surface area contributed by atoms with Crippen LogP contribution in [0.1, 0.15) is 12.6 Å². The maximum absolute atomic E-state index is 13.6. The van der Waals surface area contributed by atoms with Crippen LogP contribution in [0.2, 0.25) is 0 Å². The summed E-state index contributed by atoms with van der Waals surface area (Å²) in [6.07, 6.45) is -1.08. The van der Waals surface area contributed by atoms with Gasteiger partial charge in [-0.1, -0.05) is 18.2 Å². The topological polar surface area (TPSA) is 138 Å². The lowest BCUT2D eigenvalue weighted by molar-refractivity contribution is -0.107. The van der Waals surface area contributed by atoms with Gasteiger partial charge in [-0.3, -0.25) is 4.57 Å². The third kappa shape index (κ3) is 5.55. The molecule has 1 aromatic carbocycles. The number of benzene rings is 1. The number of anilines is 1. The number of nitrogens with zero attached hydrogens (tertiary/aromatic N) is 2. The molecule has 0 saturated carbocycles. The Morgan fingerprint density at radius 2 is 2.21 bits per heavy atom. The van der Waals surface area contributed by atoms with Crippen molar-refractivity contribution in [2.24, 2.45) is 0 Å². The molecule has 1 aliphatic rings. The first-order valence-electron chi connectivity index (χ1n) is 8.69. The number of carbonyl (C=O) groups is 1. The Kier molecular flexibility index (Phi) is 7.24. The maximum atomic E-state index is 13.6. The molecule has 12 heteroatoms. The fourth-order valence-corrected chi connectivity index (χ4v) is 3.66. The van der Waals surface area contributed by atoms with E-state index in [0.717, 1.165) is 10.8 Å². The second kappa shape index (κ2) is 9.86. The summed E-state index contributed by atoms with van der Waals surface area (Å²) in [5.74, 6) is -0.826. The Morgan fingerprint density at radius 3 is 2.93 bits per heavy atom. The Bertz CT molecular complexity index is 886. The molecule has 0 spiro atoms. The molecule has 156 valence electrons. The average molecular weight is 426 g/mol. The first kappa shape index (κ1) is 21.3. The van der Waals surface area contributed by atoms with Crippen LogP contribution in [0, 0.1) is 5.82 Å². The smallest absolute Gasteiger partial charge is 0.351 e. The van der Waals surface area contributed by atoms with Crippen molar-refractivity contribution in [3.05, 3.63) is 52.8 Å². The third-order valence-electron chi connectivity index (χ3n) is 4.04. The van der Waals surface area contributed by atoms with E-state index in [4.69, 9.17) is 19.5 Å². The van der Waals surface area contributed by atoms with Crippen LogP contribution >= 0.6 is 8.53 Å². The molecule has 4 N–H and O–H groups in total. The molecule has 2 aromatic rings. The van der Waals surface area contributed by atoms with Gasteiger partial charge in [-0.25, -0.2) is 14.3 Å². The Hall–Kier alpha value is -2.43. The summed E-state index contributed by atoms with van der Waals surface area (Å²) in [6.45, 7) is -0.0668. The van der Waals surface area contributed by atoms with E-state index in [1.807, 2.05) is 6.07 Å². The zero-order chi connectivity index (χ0) is 20.8. The van der Waals surface area contributed by atoms with Gasteiger partial charge in [0.2, 0.25) is 0 Å². The summed E-state index contributed by atoms with van der Waals surface area (Å²) in [7, 11) is -1.69. The van der Waals surface area contributed by atoms with Crippen LogP contribution in [0.25, 0.3) is 0 Å². The fourth-order valence-electron chi connectivity index (χ4n) is 2.63. The molecule has 0 aliphatic carbocycles. The predicted molar refractivity (Wildman–Crippen MR) is 101 cm³/mol. The van der Waals surface area contributed by atoms with Gasteiger partial charge >= 0.3 is 14.2 Å². The fraction of sp³-hybridized carbons (Fsp3) is 0.353. The van der Waals surface area contributed by atoms with Gasteiger partial charge in [-0.15, -0.1) is 0 Å². The van der Waals surface area contributed by atoms with Crippen LogP contribution in [0.3, 0.4) is 0 Å². The number of aromatic nitrogens is 2. The van der Waals surface area contributed by atoms with Crippen LogP contribution in [-0.4, -0.2) is 46.3 Å². The monoisotopic (exact) mass is 426 g/mol. The molecule has 4 atom stereocenters. The molecular weight excluding hydrogens is 406 g/mol. The highest BCUT2D eigenvalue weighted by Gasteiger charge is 2.36. The number of nitrogen functional groups attached to an aromatic ring is 1. The number of nitrogens with one attached hydrogen (secondary N) is 1. The summed E-state index contributed by atoms with van der Waals surface area (Å²) in [4.78, 5) is 26.0. The number of halogens is 1. The summed E-state index contributed by atoms with van der Waals surface area (Å²) in [5, 5.41) is 13.1. The Balaban J connectivity index is 1.62. The quantitative estimate of drug-likeness (QED) is 0.391. The molecule has 3 rings (SSSR count). The highest BCUT2D eigenvalue weighted by molar-refractivity contribution is 7.45. The molecule has 0 radical (unpaired) electrons. The van der Waals surface area contributed by atoms with Gasteiger partial charge in [-0.05, 0) is 12.1 Å². The van der Waals surface area contributed by atoms with Gasteiger partial charge in [0.1, 0.15) is 24.4 Å². The van der Waals surface area contributed by atoms with Crippen LogP contribution in [0.5, 0.6) is 5.75 Å². The van der Waals surface area contributed by atoms with Crippen molar-refractivity contribution < 1.29 is 28.1 Å². The lowest BCUT2D eigenvalue weighted by Crippen LogP contribution is -2.29. The largest absolute Gasteiger partial charge is 0.436 e. The van der Waals surface area contributed by atoms with Gasteiger partial charge < -0.3 is 29.4 Å². The number of carbonyl (C=O) groups excluding carboxylic acids is 1. The summed E-state index contributed by atoms with van der Waals surface area (Å²) in [5.41, 5.74) is 4.49. The molecule has 1 aliphatic heterocycles. The molecule has 0 bridgehead atoms.